The Hall–Kier alpha value is -2.43. The smallest absolute Gasteiger partial charge is 0.252 e. The molecule has 3 aliphatic rings. The summed E-state index contributed by atoms with van der Waals surface area (Å²) in [5.41, 5.74) is 5.53. The molecule has 0 aliphatic carbocycles. The average Bonchev–Trinajstić information content (AvgIpc) is 3.14. The highest BCUT2D eigenvalue weighted by atomic mass is 31.1. The summed E-state index contributed by atoms with van der Waals surface area (Å²) >= 11 is 0. The van der Waals surface area contributed by atoms with Gasteiger partial charge < -0.3 is 19.1 Å². The molecule has 2 aromatic heterocycles. The highest BCUT2D eigenvalue weighted by Crippen LogP contribution is 2.45. The summed E-state index contributed by atoms with van der Waals surface area (Å²) in [5, 5.41) is 1.13. The molecule has 5 rings (SSSR count). The fourth-order valence-electron chi connectivity index (χ4n) is 4.60. The van der Waals surface area contributed by atoms with Gasteiger partial charge in [-0.05, 0) is 55.9 Å². The zero-order valence-electron chi connectivity index (χ0n) is 18.7. The summed E-state index contributed by atoms with van der Waals surface area (Å²) in [5.74, 6) is 0.175. The number of likely N-dealkylation sites (N-methyl/N-ethyl adjacent to an activating group) is 1. The topological polar surface area (TPSA) is 44.1 Å². The van der Waals surface area contributed by atoms with Crippen molar-refractivity contribution in [3.63, 3.8) is 0 Å². The Morgan fingerprint density at radius 2 is 2.10 bits per heavy atom. The molecule has 0 aromatic carbocycles. The predicted octanol–water partition coefficient (Wildman–Crippen LogP) is 3.44. The maximum Gasteiger partial charge on any atom is 0.252 e. The molecule has 0 radical (unpaired) electrons. The Bertz CT molecular complexity index is 1130. The lowest BCUT2D eigenvalue weighted by Gasteiger charge is -2.42. The van der Waals surface area contributed by atoms with E-state index in [9.17, 15) is 4.79 Å². The number of piperazine rings is 1. The predicted molar refractivity (Wildman–Crippen MR) is 127 cm³/mol. The third-order valence-electron chi connectivity index (χ3n) is 6.61. The first kappa shape index (κ1) is 20.5. The van der Waals surface area contributed by atoms with Crippen LogP contribution in [0.1, 0.15) is 30.7 Å². The Kier molecular flexibility index (Phi) is 5.23. The molecule has 1 amide bonds. The van der Waals surface area contributed by atoms with Gasteiger partial charge in [-0.15, -0.1) is 0 Å². The third-order valence-corrected chi connectivity index (χ3v) is 8.12. The number of carbonyl (C=O) groups is 1. The number of carbonyl (C=O) groups excluding carboxylic acids is 1. The zero-order chi connectivity index (χ0) is 21.7. The first-order valence-corrected chi connectivity index (χ1v) is 12.1. The van der Waals surface area contributed by atoms with Gasteiger partial charge in [0.25, 0.3) is 5.91 Å². The van der Waals surface area contributed by atoms with Crippen LogP contribution in [0.3, 0.4) is 0 Å². The maximum atomic E-state index is 13.1. The molecule has 2 aromatic rings. The monoisotopic (exact) mass is 435 g/mol. The van der Waals surface area contributed by atoms with Gasteiger partial charge in [0.1, 0.15) is 5.65 Å². The van der Waals surface area contributed by atoms with Crippen LogP contribution in [0.25, 0.3) is 11.0 Å². The average molecular weight is 436 g/mol. The van der Waals surface area contributed by atoms with Gasteiger partial charge in [0.05, 0.1) is 17.2 Å². The SMILES string of the molecule is CCc1cc(C2=CC(=O)N3C=C(N4CCN(C)[C@H](C)C4)C=CC3P2)cn2cc(C)nc12. The van der Waals surface area contributed by atoms with Crippen molar-refractivity contribution in [2.24, 2.45) is 0 Å². The van der Waals surface area contributed by atoms with E-state index in [1.807, 2.05) is 17.9 Å². The molecular formula is C24H30N5OP. The van der Waals surface area contributed by atoms with E-state index in [2.05, 4.69) is 76.9 Å². The summed E-state index contributed by atoms with van der Waals surface area (Å²) in [4.78, 5) is 24.5. The Balaban J connectivity index is 1.43. The fourth-order valence-corrected chi connectivity index (χ4v) is 5.96. The highest BCUT2D eigenvalue weighted by Gasteiger charge is 2.31. The number of aryl methyl sites for hydroxylation is 2. The van der Waals surface area contributed by atoms with Gasteiger partial charge in [-0.1, -0.05) is 21.6 Å². The van der Waals surface area contributed by atoms with Crippen LogP contribution in [-0.4, -0.2) is 68.5 Å². The second-order valence-electron chi connectivity index (χ2n) is 8.80. The lowest BCUT2D eigenvalue weighted by Crippen LogP contribution is -2.50. The molecule has 3 aliphatic heterocycles. The van der Waals surface area contributed by atoms with Gasteiger partial charge in [0.2, 0.25) is 0 Å². The number of aromatic nitrogens is 2. The number of imidazole rings is 1. The summed E-state index contributed by atoms with van der Waals surface area (Å²) < 4.78 is 2.11. The summed E-state index contributed by atoms with van der Waals surface area (Å²) in [7, 11) is 2.70. The van der Waals surface area contributed by atoms with Crippen molar-refractivity contribution in [2.45, 2.75) is 39.0 Å². The Labute approximate surface area is 185 Å². The maximum absolute atomic E-state index is 13.1. The first-order chi connectivity index (χ1) is 14.9. The quantitative estimate of drug-likeness (QED) is 0.693. The van der Waals surface area contributed by atoms with Gasteiger partial charge in [-0.2, -0.15) is 0 Å². The van der Waals surface area contributed by atoms with Gasteiger partial charge in [0, 0.05) is 50.3 Å². The lowest BCUT2D eigenvalue weighted by atomic mass is 10.1. The number of allylic oxidation sites excluding steroid dienone is 1. The number of amides is 1. The number of fused-ring (bicyclic) bond motifs is 2. The van der Waals surface area contributed by atoms with E-state index >= 15 is 0 Å². The lowest BCUT2D eigenvalue weighted by molar-refractivity contribution is -0.123. The minimum Gasteiger partial charge on any atom is -0.368 e. The number of rotatable bonds is 3. The summed E-state index contributed by atoms with van der Waals surface area (Å²) in [6.07, 6.45) is 13.4. The molecule has 6 nitrogen and oxygen atoms in total. The van der Waals surface area contributed by atoms with Crippen molar-refractivity contribution in [3.8, 4) is 0 Å². The second kappa shape index (κ2) is 7.92. The van der Waals surface area contributed by atoms with Gasteiger partial charge >= 0.3 is 0 Å². The van der Waals surface area contributed by atoms with Crippen LogP contribution in [-0.2, 0) is 11.2 Å². The molecular weight excluding hydrogens is 405 g/mol. The number of hydrogen-bond acceptors (Lipinski definition) is 4. The van der Waals surface area contributed by atoms with Crippen molar-refractivity contribution in [2.75, 3.05) is 26.7 Å². The fraction of sp³-hybridized carbons (Fsp3) is 0.417. The van der Waals surface area contributed by atoms with E-state index in [4.69, 9.17) is 0 Å². The second-order valence-corrected chi connectivity index (χ2v) is 10.2. The van der Waals surface area contributed by atoms with Crippen LogP contribution in [0.15, 0.2) is 48.6 Å². The molecule has 0 bridgehead atoms. The number of hydrogen-bond donors (Lipinski definition) is 0. The van der Waals surface area contributed by atoms with Crippen molar-refractivity contribution in [1.82, 2.24) is 24.1 Å². The molecule has 2 unspecified atom stereocenters. The van der Waals surface area contributed by atoms with E-state index in [0.717, 1.165) is 54.0 Å². The molecule has 1 fully saturated rings. The molecule has 1 saturated heterocycles. The van der Waals surface area contributed by atoms with Crippen molar-refractivity contribution < 1.29 is 4.79 Å². The molecule has 5 heterocycles. The van der Waals surface area contributed by atoms with E-state index < -0.39 is 0 Å². The van der Waals surface area contributed by atoms with Gasteiger partial charge in [-0.3, -0.25) is 4.79 Å². The van der Waals surface area contributed by atoms with Crippen LogP contribution < -0.4 is 0 Å². The van der Waals surface area contributed by atoms with E-state index in [-0.39, 0.29) is 11.7 Å². The van der Waals surface area contributed by atoms with E-state index in [1.165, 1.54) is 5.56 Å². The van der Waals surface area contributed by atoms with Crippen molar-refractivity contribution >= 4 is 25.4 Å². The molecule has 3 atom stereocenters. The van der Waals surface area contributed by atoms with Crippen LogP contribution in [0.5, 0.6) is 0 Å². The molecule has 0 spiro atoms. The van der Waals surface area contributed by atoms with Gasteiger partial charge in [0.15, 0.2) is 0 Å². The minimum atomic E-state index is 0.0720. The van der Waals surface area contributed by atoms with Gasteiger partial charge in [-0.25, -0.2) is 4.98 Å². The summed E-state index contributed by atoms with van der Waals surface area (Å²) in [6.45, 7) is 9.47. The Morgan fingerprint density at radius 1 is 1.26 bits per heavy atom. The van der Waals surface area contributed by atoms with Crippen molar-refractivity contribution in [3.05, 3.63) is 65.4 Å². The van der Waals surface area contributed by atoms with Crippen LogP contribution in [0.2, 0.25) is 0 Å². The first-order valence-electron chi connectivity index (χ1n) is 11.1. The summed E-state index contributed by atoms with van der Waals surface area (Å²) in [6, 6.07) is 2.73. The molecule has 162 valence electrons. The van der Waals surface area contributed by atoms with Crippen LogP contribution >= 0.6 is 8.58 Å². The van der Waals surface area contributed by atoms with E-state index in [0.29, 0.717) is 14.6 Å². The molecule has 0 N–H and O–H groups in total. The zero-order valence-corrected chi connectivity index (χ0v) is 19.7. The highest BCUT2D eigenvalue weighted by molar-refractivity contribution is 7.51. The normalized spacial score (nSPS) is 25.2. The number of pyridine rings is 1. The van der Waals surface area contributed by atoms with Crippen LogP contribution in [0, 0.1) is 6.92 Å². The minimum absolute atomic E-state index is 0.0720. The third kappa shape index (κ3) is 3.72. The van der Waals surface area contributed by atoms with Crippen molar-refractivity contribution in [1.29, 1.82) is 0 Å². The molecule has 31 heavy (non-hydrogen) atoms. The Morgan fingerprint density at radius 3 is 2.87 bits per heavy atom. The van der Waals surface area contributed by atoms with E-state index in [1.54, 1.807) is 0 Å². The standard InChI is InChI=1S/C24H30N5OP/c1-5-18-10-19(14-28-12-16(2)25-24(18)28)21-11-22(30)29-15-20(6-7-23(29)31-21)27-9-8-26(4)17(3)13-27/h6-7,10-12,14-15,17,23,31H,5,8-9,13H2,1-4H3/t17-,23?/m1/s1. The van der Waals surface area contributed by atoms with Crippen LogP contribution in [0.4, 0.5) is 0 Å². The molecule has 7 heteroatoms. The number of nitrogens with zero attached hydrogens (tertiary/aromatic N) is 5. The largest absolute Gasteiger partial charge is 0.368 e. The molecule has 0 saturated carbocycles.